The number of amides is 1. The average molecular weight is 2020 g/mol. The predicted octanol–water partition coefficient (Wildman–Crippen LogP) is 31.6. The number of benzene rings is 9. The number of methoxy groups -OCH3 is 1. The number of halogens is 6. The number of phenols is 3. The van der Waals surface area contributed by atoms with Crippen LogP contribution in [0.3, 0.4) is 0 Å². The van der Waals surface area contributed by atoms with Gasteiger partial charge in [0.15, 0.2) is 0 Å². The molecule has 0 spiro atoms. The maximum atomic E-state index is 12.6. The van der Waals surface area contributed by atoms with Gasteiger partial charge in [0.1, 0.15) is 23.0 Å². The first-order valence-electron chi connectivity index (χ1n) is 41.0. The van der Waals surface area contributed by atoms with Gasteiger partial charge in [-0.05, 0) is 282 Å². The lowest BCUT2D eigenvalue weighted by Crippen LogP contribution is -2.49. The largest absolute Gasteiger partial charge is 0.508 e. The molecule has 1 fully saturated rings. The number of aromatic amines is 1. The lowest BCUT2D eigenvalue weighted by molar-refractivity contribution is 0.148. The summed E-state index contributed by atoms with van der Waals surface area (Å²) in [6.07, 6.45) is 6.95. The van der Waals surface area contributed by atoms with E-state index in [2.05, 4.69) is 314 Å². The number of piperazine rings is 1. The minimum Gasteiger partial charge on any atom is -0.508 e. The van der Waals surface area contributed by atoms with Crippen LogP contribution in [0.25, 0.3) is 21.8 Å². The molecule has 0 aliphatic carbocycles. The zero-order valence-electron chi connectivity index (χ0n) is 74.3. The fourth-order valence-electron chi connectivity index (χ4n) is 12.7. The van der Waals surface area contributed by atoms with E-state index in [-0.39, 0.29) is 12.2 Å². The number of nitrogens with zero attached hydrogens (tertiary/aromatic N) is 4. The number of phenolic OH excluding ortho intramolecular Hbond substituents is 3. The van der Waals surface area contributed by atoms with E-state index in [1.54, 1.807) is 40.1 Å². The number of pyridine rings is 1. The van der Waals surface area contributed by atoms with Crippen molar-refractivity contribution in [3.8, 4) is 23.0 Å². The van der Waals surface area contributed by atoms with E-state index in [4.69, 9.17) is 20.3 Å². The Hall–Kier alpha value is -8.17. The normalized spacial score (nSPS) is 11.6. The van der Waals surface area contributed by atoms with Crippen LogP contribution in [0.15, 0.2) is 234 Å². The third-order valence-electron chi connectivity index (χ3n) is 20.1. The molecule has 6 N–H and O–H groups in total. The third kappa shape index (κ3) is 32.6. The Kier molecular flexibility index (Phi) is 43.0. The third-order valence-corrected chi connectivity index (χ3v) is 23.5. The molecule has 0 atom stereocenters. The molecule has 9 aromatic carbocycles. The van der Waals surface area contributed by atoms with Crippen LogP contribution in [0.4, 0.5) is 21.0 Å². The molecule has 0 bridgehead atoms. The second kappa shape index (κ2) is 50.4. The van der Waals surface area contributed by atoms with Crippen molar-refractivity contribution in [1.82, 2.24) is 19.4 Å². The maximum absolute atomic E-state index is 12.6. The van der Waals surface area contributed by atoms with Crippen LogP contribution in [-0.2, 0) is 4.74 Å². The van der Waals surface area contributed by atoms with Crippen LogP contribution in [0.2, 0.25) is 0 Å². The molecule has 1 aliphatic heterocycles. The topological polar surface area (TPSA) is 179 Å². The monoisotopic (exact) mass is 2010 g/mol. The summed E-state index contributed by atoms with van der Waals surface area (Å²) in [6, 6.07) is 60.2. The molecule has 120 heavy (non-hydrogen) atoms. The number of fused-ring (bicyclic) bond motifs is 2. The molecule has 0 saturated carbocycles. The highest BCUT2D eigenvalue weighted by Gasteiger charge is 2.25. The molecule has 19 heteroatoms. The fraction of sp³-hybridized carbons (Fsp3) is 0.356. The number of ether oxygens (including phenoxy) is 2. The van der Waals surface area contributed by atoms with E-state index in [0.717, 1.165) is 80.0 Å². The van der Waals surface area contributed by atoms with Crippen molar-refractivity contribution in [3.63, 3.8) is 0 Å². The quantitative estimate of drug-likeness (QED) is 0.0783. The van der Waals surface area contributed by atoms with Crippen LogP contribution in [-0.4, -0.2) is 80.2 Å². The van der Waals surface area contributed by atoms with Gasteiger partial charge in [-0.15, -0.1) is 0 Å². The number of nitrogens with two attached hydrogens (primary N) is 1. The Labute approximate surface area is 766 Å². The predicted molar refractivity (Wildman–Crippen MR) is 529 cm³/mol. The Balaban J connectivity index is 0.000000245. The van der Waals surface area contributed by atoms with Gasteiger partial charge in [0.05, 0.1) is 17.1 Å². The van der Waals surface area contributed by atoms with Crippen LogP contribution in [0.5, 0.6) is 23.0 Å². The molecule has 4 heterocycles. The molecule has 1 amide bonds. The molecular weight excluding hydrogens is 1890 g/mol. The van der Waals surface area contributed by atoms with E-state index in [9.17, 15) is 19.8 Å². The molecule has 644 valence electrons. The molecule has 13 rings (SSSR count). The lowest BCUT2D eigenvalue weighted by atomic mass is 9.98. The van der Waals surface area contributed by atoms with Gasteiger partial charge < -0.3 is 45.3 Å². The number of carbonyl (C=O) groups is 2. The second-order valence-corrected chi connectivity index (χ2v) is 37.9. The number of para-hydroxylation sites is 2. The molecule has 3 aromatic heterocycles. The summed E-state index contributed by atoms with van der Waals surface area (Å²) in [6.45, 7) is 49.7. The van der Waals surface area contributed by atoms with Gasteiger partial charge >= 0.3 is 12.2 Å². The second-order valence-electron chi connectivity index (χ2n) is 32.6. The highest BCUT2D eigenvalue weighted by molar-refractivity contribution is 9.11. The van der Waals surface area contributed by atoms with Crippen molar-refractivity contribution in [2.45, 2.75) is 206 Å². The van der Waals surface area contributed by atoms with Crippen molar-refractivity contribution >= 4 is 141 Å². The molecule has 1 aliphatic rings. The van der Waals surface area contributed by atoms with Gasteiger partial charge in [-0.3, -0.25) is 9.55 Å². The fourth-order valence-corrected chi connectivity index (χ4v) is 15.9. The number of aromatic hydroxyl groups is 3. The van der Waals surface area contributed by atoms with Gasteiger partial charge in [0.2, 0.25) is 0 Å². The minimum atomic E-state index is -0.344. The summed E-state index contributed by atoms with van der Waals surface area (Å²) in [7, 11) is 1.39. The Bertz CT molecular complexity index is 5060. The van der Waals surface area contributed by atoms with Gasteiger partial charge in [-0.2, -0.15) is 0 Å². The Morgan fingerprint density at radius 3 is 1.36 bits per heavy atom. The van der Waals surface area contributed by atoms with Gasteiger partial charge in [-0.1, -0.05) is 273 Å². The zero-order valence-corrected chi connectivity index (χ0v) is 83.8. The number of nitrogen functional groups attached to an aromatic ring is 1. The average Bonchev–Trinajstić information content (AvgIpc) is 1.65. The molecular formula is C101H126Br6N6O7. The summed E-state index contributed by atoms with van der Waals surface area (Å²) in [5.41, 5.74) is 25.3. The summed E-state index contributed by atoms with van der Waals surface area (Å²) in [5, 5.41) is 30.1. The van der Waals surface area contributed by atoms with E-state index in [0.29, 0.717) is 89.3 Å². The number of H-pyrrole nitrogens is 1. The van der Waals surface area contributed by atoms with Gasteiger partial charge in [0.25, 0.3) is 0 Å². The zero-order chi connectivity index (χ0) is 89.5. The highest BCUT2D eigenvalue weighted by atomic mass is 79.9. The Morgan fingerprint density at radius 2 is 0.883 bits per heavy atom. The van der Waals surface area contributed by atoms with Crippen LogP contribution in [0, 0.1) is 27.7 Å². The molecule has 0 radical (unpaired) electrons. The van der Waals surface area contributed by atoms with Crippen molar-refractivity contribution in [2.24, 2.45) is 0 Å². The lowest BCUT2D eigenvalue weighted by Gasteiger charge is -2.35. The number of nitrogens with one attached hydrogen (secondary N) is 1. The molecule has 12 aromatic rings. The summed E-state index contributed by atoms with van der Waals surface area (Å²) >= 11 is 20.5. The number of aromatic nitrogens is 3. The van der Waals surface area contributed by atoms with E-state index in [1.807, 2.05) is 125 Å². The standard InChI is InChI=1S/C21H27N3O2.C13H15NO2.C11H13N.C11H16O.2C9H10Br2.C9H12BrN.C9H11BrO.C9H12O/c1-15(2)18-13-16(3)20(17(4)14-18)26-21(25)24-11-9-23(10-12-24)19-5-7-22-8-6-19;1-9(2)11-8-14(13(15)16-3)12-7-5-4-6-10(11)12;1-8(2)10-7-12-11-6-4-3-5-9(10)11;1-7(2)10-5-8(3)11(12)9(4)6-10;1-6(2)7-3-8(10)5-9(11)4-7;1-6(2)8-5-7(10)3-4-9(8)11;2*1-6(2)7-3-4-9(11)8(10)5-7;1-7(2)8-3-5-9(10)6-4-8/h5-8,13-15H,9-12H2,1-4H3;4-9H,1-3H3;3-8,12H,1-2H3;5-7,12H,1-4H3;2*3-6H,1-2H3;3-6H,11H2,1-2H3;3-6,11H,1-2H3;3-7,10H,1-2H3. The first-order chi connectivity index (χ1) is 56.5. The summed E-state index contributed by atoms with van der Waals surface area (Å²) in [4.78, 5) is 35.6. The highest BCUT2D eigenvalue weighted by Crippen LogP contribution is 2.35. The number of hydrogen-bond donors (Lipinski definition) is 5. The number of carbonyl (C=O) groups excluding carboxylic acids is 2. The Morgan fingerprint density at radius 1 is 0.425 bits per heavy atom. The smallest absolute Gasteiger partial charge is 0.418 e. The number of rotatable bonds is 11. The number of anilines is 2. The van der Waals surface area contributed by atoms with E-state index >= 15 is 0 Å². The van der Waals surface area contributed by atoms with Crippen LogP contribution >= 0.6 is 95.6 Å². The van der Waals surface area contributed by atoms with E-state index < -0.39 is 0 Å². The summed E-state index contributed by atoms with van der Waals surface area (Å²) < 4.78 is 18.4. The first-order valence-corrected chi connectivity index (χ1v) is 45.8. The van der Waals surface area contributed by atoms with Crippen molar-refractivity contribution < 1.29 is 34.4 Å². The number of hydrogen-bond acceptors (Lipinski definition) is 10. The molecule has 13 nitrogen and oxygen atoms in total. The molecule has 1 saturated heterocycles. The van der Waals surface area contributed by atoms with E-state index in [1.165, 1.54) is 72.6 Å². The maximum Gasteiger partial charge on any atom is 0.418 e. The van der Waals surface area contributed by atoms with Crippen molar-refractivity contribution in [2.75, 3.05) is 43.9 Å². The first kappa shape index (κ1) is 102. The minimum absolute atomic E-state index is 0.261. The van der Waals surface area contributed by atoms with Crippen molar-refractivity contribution in [1.29, 1.82) is 0 Å². The van der Waals surface area contributed by atoms with Gasteiger partial charge in [0, 0.05) is 101 Å². The van der Waals surface area contributed by atoms with Crippen LogP contribution < -0.4 is 15.4 Å². The molecule has 0 unspecified atom stereocenters. The van der Waals surface area contributed by atoms with Gasteiger partial charge in [-0.25, -0.2) is 9.59 Å². The van der Waals surface area contributed by atoms with Crippen molar-refractivity contribution in [3.05, 3.63) is 306 Å². The van der Waals surface area contributed by atoms with Crippen LogP contribution in [0.1, 0.15) is 250 Å². The SMILES string of the molecule is CC(C)c1c[nH]c2ccccc12.CC(C)c1cc(Br)cc(Br)c1.CC(C)c1cc(Br)ccc1Br.CC(C)c1ccc(N)c(Br)c1.CC(C)c1ccc(O)c(Br)c1.CC(C)c1ccc(O)cc1.COC(=O)n1cc(C(C)C)c2ccccc21.Cc1cc(C(C)C)cc(C)c1O.Cc1cc(C(C)C)cc(C)c1OC(=O)N1CCN(c2ccncc2)CC1. The number of aryl methyl sites for hydroxylation is 4. The summed E-state index contributed by atoms with van der Waals surface area (Å²) in [5.74, 6) is 6.50.